The molecule has 0 saturated heterocycles. The molecule has 3 aromatic rings. The van der Waals surface area contributed by atoms with Crippen LogP contribution in [0, 0.1) is 6.92 Å². The zero-order chi connectivity index (χ0) is 27.6. The number of fused-ring (bicyclic) bond motifs is 1. The SMILES string of the molecule is Cc1ccn(-c2ccc(C(=O)N3C[C@@H](C)N(C(=O)NCC(=O)N(C)C(C)C)Cc4ccccc43)c(Cl)c2)n1. The molecule has 0 fully saturated rings. The monoisotopic (exact) mass is 536 g/mol. The van der Waals surface area contributed by atoms with Gasteiger partial charge in [-0.25, -0.2) is 9.48 Å². The van der Waals surface area contributed by atoms with Crippen LogP contribution in [0.1, 0.15) is 42.4 Å². The van der Waals surface area contributed by atoms with Gasteiger partial charge in [0.2, 0.25) is 5.91 Å². The molecule has 0 saturated carbocycles. The fraction of sp³-hybridized carbons (Fsp3) is 0.357. The Morgan fingerprint density at radius 2 is 1.89 bits per heavy atom. The normalized spacial score (nSPS) is 15.2. The van der Waals surface area contributed by atoms with Crippen molar-refractivity contribution in [2.45, 2.75) is 46.3 Å². The zero-order valence-electron chi connectivity index (χ0n) is 22.3. The lowest BCUT2D eigenvalue weighted by atomic mass is 10.1. The molecule has 0 aliphatic carbocycles. The number of carbonyl (C=O) groups is 3. The number of urea groups is 1. The molecular weight excluding hydrogens is 504 g/mol. The Labute approximate surface area is 228 Å². The van der Waals surface area contributed by atoms with E-state index in [0.717, 1.165) is 22.6 Å². The molecule has 38 heavy (non-hydrogen) atoms. The molecule has 1 N–H and O–H groups in total. The second-order valence-electron chi connectivity index (χ2n) is 9.84. The van der Waals surface area contributed by atoms with E-state index in [4.69, 9.17) is 11.6 Å². The van der Waals surface area contributed by atoms with Gasteiger partial charge in [0.05, 0.1) is 28.5 Å². The average Bonchev–Trinajstić information content (AvgIpc) is 3.27. The van der Waals surface area contributed by atoms with Crippen molar-refractivity contribution in [1.82, 2.24) is 24.9 Å². The van der Waals surface area contributed by atoms with Crippen molar-refractivity contribution in [2.24, 2.45) is 0 Å². The molecular formula is C28H33ClN6O3. The van der Waals surface area contributed by atoms with Crippen molar-refractivity contribution in [1.29, 1.82) is 0 Å². The average molecular weight is 537 g/mol. The van der Waals surface area contributed by atoms with Gasteiger partial charge < -0.3 is 20.0 Å². The second-order valence-corrected chi connectivity index (χ2v) is 10.3. The Morgan fingerprint density at radius 3 is 2.55 bits per heavy atom. The third-order valence-corrected chi connectivity index (χ3v) is 7.15. The van der Waals surface area contributed by atoms with Gasteiger partial charge in [-0.15, -0.1) is 0 Å². The van der Waals surface area contributed by atoms with E-state index >= 15 is 0 Å². The molecule has 1 aromatic heterocycles. The smallest absolute Gasteiger partial charge is 0.318 e. The highest BCUT2D eigenvalue weighted by Gasteiger charge is 2.32. The van der Waals surface area contributed by atoms with Crippen LogP contribution in [0.5, 0.6) is 0 Å². The molecule has 0 spiro atoms. The molecule has 0 radical (unpaired) electrons. The second kappa shape index (κ2) is 11.3. The third kappa shape index (κ3) is 5.67. The molecule has 1 aliphatic rings. The van der Waals surface area contributed by atoms with E-state index in [9.17, 15) is 14.4 Å². The van der Waals surface area contributed by atoms with Crippen LogP contribution < -0.4 is 10.2 Å². The minimum Gasteiger partial charge on any atom is -0.342 e. The van der Waals surface area contributed by atoms with Crippen LogP contribution in [-0.4, -0.2) is 69.6 Å². The maximum absolute atomic E-state index is 13.8. The van der Waals surface area contributed by atoms with E-state index in [1.165, 1.54) is 0 Å². The maximum atomic E-state index is 13.8. The number of hydrogen-bond donors (Lipinski definition) is 1. The molecule has 1 aliphatic heterocycles. The molecule has 10 heteroatoms. The number of halogens is 1. The van der Waals surface area contributed by atoms with Crippen LogP contribution >= 0.6 is 11.6 Å². The van der Waals surface area contributed by atoms with E-state index in [1.54, 1.807) is 38.6 Å². The number of amides is 4. The number of benzene rings is 2. The van der Waals surface area contributed by atoms with Gasteiger partial charge in [0.25, 0.3) is 5.91 Å². The van der Waals surface area contributed by atoms with Crippen molar-refractivity contribution in [3.63, 3.8) is 0 Å². The van der Waals surface area contributed by atoms with Crippen LogP contribution in [0.2, 0.25) is 5.02 Å². The Kier molecular flexibility index (Phi) is 8.06. The van der Waals surface area contributed by atoms with Crippen molar-refractivity contribution in [3.8, 4) is 5.69 Å². The molecule has 4 amide bonds. The zero-order valence-corrected chi connectivity index (χ0v) is 23.1. The quantitative estimate of drug-likeness (QED) is 0.527. The highest BCUT2D eigenvalue weighted by molar-refractivity contribution is 6.34. The van der Waals surface area contributed by atoms with Crippen LogP contribution in [0.15, 0.2) is 54.7 Å². The number of aryl methyl sites for hydroxylation is 1. The van der Waals surface area contributed by atoms with Crippen LogP contribution in [-0.2, 0) is 11.3 Å². The standard InChI is InChI=1S/C28H33ClN6O3/c1-18(2)32(5)26(36)15-30-28(38)33-17-21-8-6-7-9-25(21)34(16-20(33)4)27(37)23-11-10-22(14-24(23)29)35-13-12-19(3)31-35/h6-14,18,20H,15-17H2,1-5H3,(H,30,38)/t20-/m1/s1. The lowest BCUT2D eigenvalue weighted by Gasteiger charge is -2.30. The molecule has 4 rings (SSSR count). The Bertz CT molecular complexity index is 1350. The van der Waals surface area contributed by atoms with Gasteiger partial charge in [0, 0.05) is 44.1 Å². The fourth-order valence-electron chi connectivity index (χ4n) is 4.36. The molecule has 0 unspecified atom stereocenters. The van der Waals surface area contributed by atoms with Gasteiger partial charge in [-0.2, -0.15) is 5.10 Å². The number of rotatable bonds is 5. The van der Waals surface area contributed by atoms with Gasteiger partial charge >= 0.3 is 6.03 Å². The minimum atomic E-state index is -0.357. The number of anilines is 1. The summed E-state index contributed by atoms with van der Waals surface area (Å²) in [6, 6.07) is 14.0. The lowest BCUT2D eigenvalue weighted by Crippen LogP contribution is -2.50. The number of aromatic nitrogens is 2. The van der Waals surface area contributed by atoms with Crippen molar-refractivity contribution >= 4 is 35.1 Å². The first-order chi connectivity index (χ1) is 18.1. The summed E-state index contributed by atoms with van der Waals surface area (Å²) in [7, 11) is 1.71. The summed E-state index contributed by atoms with van der Waals surface area (Å²) in [5, 5.41) is 7.47. The first kappa shape index (κ1) is 27.2. The minimum absolute atomic E-state index is 0.0347. The molecule has 2 aromatic carbocycles. The predicted molar refractivity (Wildman–Crippen MR) is 148 cm³/mol. The number of nitrogens with one attached hydrogen (secondary N) is 1. The van der Waals surface area contributed by atoms with Crippen molar-refractivity contribution < 1.29 is 14.4 Å². The summed E-state index contributed by atoms with van der Waals surface area (Å²) in [5.74, 6) is -0.426. The Hall–Kier alpha value is -3.85. The summed E-state index contributed by atoms with van der Waals surface area (Å²) in [6.45, 7) is 8.08. The van der Waals surface area contributed by atoms with E-state index in [-0.39, 0.29) is 43.0 Å². The summed E-state index contributed by atoms with van der Waals surface area (Å²) in [4.78, 5) is 44.3. The molecule has 1 atom stereocenters. The topological polar surface area (TPSA) is 90.8 Å². The van der Waals surface area contributed by atoms with Crippen LogP contribution in [0.3, 0.4) is 0 Å². The van der Waals surface area contributed by atoms with Gasteiger partial charge in [0.1, 0.15) is 0 Å². The van der Waals surface area contributed by atoms with E-state index in [0.29, 0.717) is 17.1 Å². The number of carbonyl (C=O) groups excluding carboxylic acids is 3. The number of likely N-dealkylation sites (N-methyl/N-ethyl adjacent to an activating group) is 1. The summed E-state index contributed by atoms with van der Waals surface area (Å²) in [6.07, 6.45) is 1.84. The number of para-hydroxylation sites is 1. The molecule has 0 bridgehead atoms. The largest absolute Gasteiger partial charge is 0.342 e. The Balaban J connectivity index is 1.57. The van der Waals surface area contributed by atoms with Crippen molar-refractivity contribution in [2.75, 3.05) is 25.0 Å². The Morgan fingerprint density at radius 1 is 1.16 bits per heavy atom. The highest BCUT2D eigenvalue weighted by atomic mass is 35.5. The first-order valence-corrected chi connectivity index (χ1v) is 13.0. The summed E-state index contributed by atoms with van der Waals surface area (Å²) >= 11 is 6.60. The summed E-state index contributed by atoms with van der Waals surface area (Å²) in [5.41, 5.74) is 3.54. The predicted octanol–water partition coefficient (Wildman–Crippen LogP) is 4.26. The van der Waals surface area contributed by atoms with E-state index in [2.05, 4.69) is 10.4 Å². The fourth-order valence-corrected chi connectivity index (χ4v) is 4.62. The molecule has 9 nitrogen and oxygen atoms in total. The number of nitrogens with zero attached hydrogens (tertiary/aromatic N) is 5. The van der Waals surface area contributed by atoms with Gasteiger partial charge in [-0.05, 0) is 63.6 Å². The first-order valence-electron chi connectivity index (χ1n) is 12.6. The lowest BCUT2D eigenvalue weighted by molar-refractivity contribution is -0.130. The summed E-state index contributed by atoms with van der Waals surface area (Å²) < 4.78 is 1.71. The number of hydrogen-bond acceptors (Lipinski definition) is 4. The van der Waals surface area contributed by atoms with Gasteiger partial charge in [-0.1, -0.05) is 29.8 Å². The van der Waals surface area contributed by atoms with E-state index in [1.807, 2.05) is 70.3 Å². The van der Waals surface area contributed by atoms with Crippen LogP contribution in [0.4, 0.5) is 10.5 Å². The van der Waals surface area contributed by atoms with E-state index < -0.39 is 0 Å². The van der Waals surface area contributed by atoms with Crippen LogP contribution in [0.25, 0.3) is 5.69 Å². The molecule has 200 valence electrons. The van der Waals surface area contributed by atoms with Crippen molar-refractivity contribution in [3.05, 3.63) is 76.6 Å². The molecule has 2 heterocycles. The highest BCUT2D eigenvalue weighted by Crippen LogP contribution is 2.30. The third-order valence-electron chi connectivity index (χ3n) is 6.84. The maximum Gasteiger partial charge on any atom is 0.318 e. The van der Waals surface area contributed by atoms with Gasteiger partial charge in [0.15, 0.2) is 0 Å². The van der Waals surface area contributed by atoms with Gasteiger partial charge in [-0.3, -0.25) is 9.59 Å².